The number of carbonyl (C=O) groups is 2. The van der Waals surface area contributed by atoms with Gasteiger partial charge in [-0.15, -0.1) is 0 Å². The van der Waals surface area contributed by atoms with Gasteiger partial charge in [-0.05, 0) is 42.3 Å². The summed E-state index contributed by atoms with van der Waals surface area (Å²) in [6.45, 7) is -0.563. The Morgan fingerprint density at radius 2 is 1.24 bits per heavy atom. The van der Waals surface area contributed by atoms with Crippen LogP contribution in [0.2, 0.25) is 0 Å². The summed E-state index contributed by atoms with van der Waals surface area (Å²) in [7, 11) is 0. The molecule has 2 aliphatic rings. The average Bonchev–Trinajstić information content (AvgIpc) is 2.91. The number of hydrogen-bond acceptors (Lipinski definition) is 3. The zero-order valence-electron chi connectivity index (χ0n) is 21.1. The number of alkyl halides is 9. The SMILES string of the molecule is O=C(c1cc(C(F)(F)F)cc(C(F)(F)F)c1)N1CC[C@H](N2CCN(C(=O)C(F)(F)F)CC2)[C@H](c2ccc(F)cc2)C1. The fraction of sp³-hybridized carbons (Fsp3) is 0.462. The van der Waals surface area contributed by atoms with Crippen LogP contribution in [-0.2, 0) is 17.1 Å². The summed E-state index contributed by atoms with van der Waals surface area (Å²) in [5.74, 6) is -4.21. The molecule has 2 atom stereocenters. The summed E-state index contributed by atoms with van der Waals surface area (Å²) >= 11 is 0. The fourth-order valence-corrected chi connectivity index (χ4v) is 5.30. The maximum atomic E-state index is 13.6. The van der Waals surface area contributed by atoms with Crippen molar-refractivity contribution in [3.63, 3.8) is 0 Å². The van der Waals surface area contributed by atoms with E-state index in [1.165, 1.54) is 12.1 Å². The molecule has 2 heterocycles. The highest BCUT2D eigenvalue weighted by molar-refractivity contribution is 5.95. The van der Waals surface area contributed by atoms with Gasteiger partial charge in [-0.25, -0.2) is 4.39 Å². The lowest BCUT2D eigenvalue weighted by Gasteiger charge is -2.47. The average molecular weight is 599 g/mol. The monoisotopic (exact) mass is 599 g/mol. The van der Waals surface area contributed by atoms with Crippen LogP contribution in [0.4, 0.5) is 43.9 Å². The van der Waals surface area contributed by atoms with Gasteiger partial charge in [-0.1, -0.05) is 12.1 Å². The lowest BCUT2D eigenvalue weighted by molar-refractivity contribution is -0.187. The molecular weight excluding hydrogens is 576 g/mol. The third-order valence-electron chi connectivity index (χ3n) is 7.31. The summed E-state index contributed by atoms with van der Waals surface area (Å²) < 4.78 is 132. The van der Waals surface area contributed by atoms with Crippen LogP contribution in [-0.4, -0.2) is 78.0 Å². The van der Waals surface area contributed by atoms with E-state index in [1.807, 2.05) is 4.90 Å². The van der Waals surface area contributed by atoms with E-state index in [9.17, 15) is 53.5 Å². The van der Waals surface area contributed by atoms with Crippen molar-refractivity contribution in [1.82, 2.24) is 14.7 Å². The molecule has 0 N–H and O–H groups in total. The van der Waals surface area contributed by atoms with Gasteiger partial charge in [0.1, 0.15) is 5.82 Å². The fourth-order valence-electron chi connectivity index (χ4n) is 5.30. The first-order valence-electron chi connectivity index (χ1n) is 12.4. The van der Waals surface area contributed by atoms with Crippen LogP contribution >= 0.6 is 0 Å². The molecule has 0 saturated carbocycles. The lowest BCUT2D eigenvalue weighted by Crippen LogP contribution is -2.58. The first kappa shape index (κ1) is 30.6. The van der Waals surface area contributed by atoms with Crippen LogP contribution in [0.25, 0.3) is 0 Å². The molecule has 15 heteroatoms. The number of hydrogen-bond donors (Lipinski definition) is 0. The van der Waals surface area contributed by atoms with Crippen LogP contribution in [0.5, 0.6) is 0 Å². The zero-order chi connectivity index (χ0) is 30.3. The molecule has 5 nitrogen and oxygen atoms in total. The first-order chi connectivity index (χ1) is 18.9. The van der Waals surface area contributed by atoms with Gasteiger partial charge in [0.2, 0.25) is 0 Å². The number of halogens is 10. The Morgan fingerprint density at radius 1 is 0.707 bits per heavy atom. The number of likely N-dealkylation sites (tertiary alicyclic amines) is 1. The Kier molecular flexibility index (Phi) is 8.31. The quantitative estimate of drug-likeness (QED) is 0.434. The van der Waals surface area contributed by atoms with Crippen LogP contribution in [0.1, 0.15) is 39.4 Å². The van der Waals surface area contributed by atoms with Gasteiger partial charge in [-0.2, -0.15) is 39.5 Å². The van der Waals surface area contributed by atoms with Crippen molar-refractivity contribution in [2.45, 2.75) is 36.9 Å². The summed E-state index contributed by atoms with van der Waals surface area (Å²) in [6.07, 6.45) is -15.1. The Labute approximate surface area is 227 Å². The maximum Gasteiger partial charge on any atom is 0.471 e. The third-order valence-corrected chi connectivity index (χ3v) is 7.31. The van der Waals surface area contributed by atoms with Gasteiger partial charge in [0, 0.05) is 56.8 Å². The van der Waals surface area contributed by atoms with E-state index < -0.39 is 64.8 Å². The van der Waals surface area contributed by atoms with Crippen molar-refractivity contribution in [3.8, 4) is 0 Å². The molecule has 4 rings (SSSR count). The van der Waals surface area contributed by atoms with Gasteiger partial charge >= 0.3 is 24.4 Å². The lowest BCUT2D eigenvalue weighted by atomic mass is 9.84. The van der Waals surface area contributed by atoms with Gasteiger partial charge in [0.15, 0.2) is 0 Å². The van der Waals surface area contributed by atoms with E-state index in [0.29, 0.717) is 22.6 Å². The van der Waals surface area contributed by atoms with Crippen molar-refractivity contribution in [1.29, 1.82) is 0 Å². The molecule has 0 bridgehead atoms. The van der Waals surface area contributed by atoms with Gasteiger partial charge < -0.3 is 9.80 Å². The van der Waals surface area contributed by atoms with Crippen molar-refractivity contribution < 1.29 is 53.5 Å². The highest BCUT2D eigenvalue weighted by Gasteiger charge is 2.45. The second-order valence-corrected chi connectivity index (χ2v) is 9.89. The highest BCUT2D eigenvalue weighted by atomic mass is 19.4. The standard InChI is InChI=1S/C26H23F10N3O2/c27-19-3-1-15(2-4-19)20-14-39(6-5-21(20)37-7-9-38(10-8-37)23(41)26(34,35)36)22(40)16-11-17(24(28,29)30)13-18(12-16)25(31,32)33/h1-4,11-13,20-21H,5-10,14H2/t20-,21-/m0/s1. The molecule has 2 aromatic rings. The van der Waals surface area contributed by atoms with Crippen LogP contribution in [0, 0.1) is 5.82 Å². The van der Waals surface area contributed by atoms with Gasteiger partial charge in [0.05, 0.1) is 11.1 Å². The molecule has 0 spiro atoms. The van der Waals surface area contributed by atoms with Crippen LogP contribution in [0.15, 0.2) is 42.5 Å². The molecule has 2 fully saturated rings. The Hall–Kier alpha value is -3.36. The van der Waals surface area contributed by atoms with Gasteiger partial charge in [-0.3, -0.25) is 14.5 Å². The number of nitrogens with zero attached hydrogens (tertiary/aromatic N) is 3. The number of rotatable bonds is 3. The molecular formula is C26H23F10N3O2. The van der Waals surface area contributed by atoms with Crippen molar-refractivity contribution in [3.05, 3.63) is 70.5 Å². The Bertz CT molecular complexity index is 1230. The number of piperazine rings is 1. The molecule has 224 valence electrons. The van der Waals surface area contributed by atoms with E-state index >= 15 is 0 Å². The molecule has 2 saturated heterocycles. The molecule has 2 aliphatic heterocycles. The summed E-state index contributed by atoms with van der Waals surface area (Å²) in [5, 5.41) is 0. The second kappa shape index (κ2) is 11.1. The van der Waals surface area contributed by atoms with E-state index in [4.69, 9.17) is 0 Å². The molecule has 0 unspecified atom stereocenters. The van der Waals surface area contributed by atoms with E-state index in [1.54, 1.807) is 0 Å². The molecule has 41 heavy (non-hydrogen) atoms. The maximum absolute atomic E-state index is 13.6. The summed E-state index contributed by atoms with van der Waals surface area (Å²) in [6, 6.07) is 5.37. The number of amides is 2. The highest BCUT2D eigenvalue weighted by Crippen LogP contribution is 2.38. The van der Waals surface area contributed by atoms with Crippen molar-refractivity contribution >= 4 is 11.8 Å². The number of piperidine rings is 1. The summed E-state index contributed by atoms with van der Waals surface area (Å²) in [5.41, 5.74) is -3.55. The number of benzene rings is 2. The largest absolute Gasteiger partial charge is 0.471 e. The van der Waals surface area contributed by atoms with Crippen LogP contribution in [0.3, 0.4) is 0 Å². The zero-order valence-corrected chi connectivity index (χ0v) is 21.1. The molecule has 2 aromatic carbocycles. The second-order valence-electron chi connectivity index (χ2n) is 9.89. The van der Waals surface area contributed by atoms with E-state index in [0.717, 1.165) is 17.0 Å². The minimum Gasteiger partial charge on any atom is -0.338 e. The molecule has 0 aromatic heterocycles. The molecule has 2 amide bonds. The smallest absolute Gasteiger partial charge is 0.338 e. The molecule has 0 radical (unpaired) electrons. The third kappa shape index (κ3) is 6.93. The minimum absolute atomic E-state index is 0.0562. The predicted octanol–water partition coefficient (Wildman–Crippen LogP) is 5.57. The van der Waals surface area contributed by atoms with Crippen molar-refractivity contribution in [2.24, 2.45) is 0 Å². The minimum atomic E-state index is -5.14. The van der Waals surface area contributed by atoms with Crippen LogP contribution < -0.4 is 0 Å². The first-order valence-corrected chi connectivity index (χ1v) is 12.4. The Morgan fingerprint density at radius 3 is 1.73 bits per heavy atom. The van der Waals surface area contributed by atoms with Gasteiger partial charge in [0.25, 0.3) is 5.91 Å². The van der Waals surface area contributed by atoms with E-state index in [-0.39, 0.29) is 51.8 Å². The normalized spacial score (nSPS) is 21.2. The van der Waals surface area contributed by atoms with E-state index in [2.05, 4.69) is 0 Å². The number of carbonyl (C=O) groups excluding carboxylic acids is 2. The topological polar surface area (TPSA) is 43.9 Å². The Balaban J connectivity index is 1.59. The summed E-state index contributed by atoms with van der Waals surface area (Å²) in [4.78, 5) is 28.5. The molecule has 0 aliphatic carbocycles. The van der Waals surface area contributed by atoms with Crippen molar-refractivity contribution in [2.75, 3.05) is 39.3 Å². The predicted molar refractivity (Wildman–Crippen MR) is 124 cm³/mol.